The van der Waals surface area contributed by atoms with Crippen LogP contribution in [-0.4, -0.2) is 0 Å². The minimum atomic E-state index is 0.819. The fourth-order valence-corrected chi connectivity index (χ4v) is 1.21. The first-order valence-corrected chi connectivity index (χ1v) is 6.15. The van der Waals surface area contributed by atoms with Crippen molar-refractivity contribution in [2.45, 2.75) is 26.7 Å². The maximum Gasteiger partial charge on any atom is -0.0263 e. The lowest BCUT2D eigenvalue weighted by atomic mass is 10.1. The molecule has 1 rings (SSSR count). The van der Waals surface area contributed by atoms with Gasteiger partial charge in [-0.15, -0.1) is 0 Å². The van der Waals surface area contributed by atoms with Crippen LogP contribution in [-0.2, 0) is 0 Å². The van der Waals surface area contributed by atoms with E-state index in [4.69, 9.17) is 0 Å². The second kappa shape index (κ2) is 10.9. The van der Waals surface area contributed by atoms with Crippen molar-refractivity contribution in [2.24, 2.45) is 5.92 Å². The predicted octanol–water partition coefficient (Wildman–Crippen LogP) is 5.49. The van der Waals surface area contributed by atoms with Gasteiger partial charge in [-0.05, 0) is 24.3 Å². The minimum Gasteiger partial charge on any atom is -0.0991 e. The highest BCUT2D eigenvalue weighted by Crippen LogP contribution is 2.03. The first-order chi connectivity index (χ1) is 8.20. The maximum atomic E-state index is 3.63. The van der Waals surface area contributed by atoms with Crippen LogP contribution in [0.2, 0.25) is 0 Å². The Balaban J connectivity index is 0.000000302. The van der Waals surface area contributed by atoms with Crippen LogP contribution in [0.5, 0.6) is 0 Å². The Morgan fingerprint density at radius 2 is 1.76 bits per heavy atom. The third-order valence-corrected chi connectivity index (χ3v) is 2.22. The fraction of sp³-hybridized carbons (Fsp3) is 0.294. The van der Waals surface area contributed by atoms with Gasteiger partial charge in [0.05, 0.1) is 0 Å². The SMILES string of the molecule is C=CC=CCCC(C)C.C=Cc1ccccc1. The van der Waals surface area contributed by atoms with Crippen molar-refractivity contribution in [1.29, 1.82) is 0 Å². The second-order valence-electron chi connectivity index (χ2n) is 4.25. The Bertz CT molecular complexity index is 317. The van der Waals surface area contributed by atoms with Crippen molar-refractivity contribution >= 4 is 6.08 Å². The van der Waals surface area contributed by atoms with E-state index in [1.807, 2.05) is 48.6 Å². The molecule has 92 valence electrons. The lowest BCUT2D eigenvalue weighted by molar-refractivity contribution is 0.594. The monoisotopic (exact) mass is 228 g/mol. The summed E-state index contributed by atoms with van der Waals surface area (Å²) >= 11 is 0. The summed E-state index contributed by atoms with van der Waals surface area (Å²) in [4.78, 5) is 0. The topological polar surface area (TPSA) is 0 Å². The molecular formula is C17H24. The molecule has 0 amide bonds. The van der Waals surface area contributed by atoms with Gasteiger partial charge in [-0.25, -0.2) is 0 Å². The van der Waals surface area contributed by atoms with Gasteiger partial charge >= 0.3 is 0 Å². The fourth-order valence-electron chi connectivity index (χ4n) is 1.21. The van der Waals surface area contributed by atoms with E-state index < -0.39 is 0 Å². The normalized spacial score (nSPS) is 9.82. The van der Waals surface area contributed by atoms with Gasteiger partial charge in [0.2, 0.25) is 0 Å². The Hall–Kier alpha value is -1.56. The van der Waals surface area contributed by atoms with Crippen molar-refractivity contribution in [2.75, 3.05) is 0 Å². The second-order valence-corrected chi connectivity index (χ2v) is 4.25. The van der Waals surface area contributed by atoms with Crippen LogP contribution in [0.3, 0.4) is 0 Å². The lowest BCUT2D eigenvalue weighted by Crippen LogP contribution is -1.83. The van der Waals surface area contributed by atoms with E-state index in [2.05, 4.69) is 33.1 Å². The van der Waals surface area contributed by atoms with Crippen LogP contribution in [0.4, 0.5) is 0 Å². The molecule has 0 nitrogen and oxygen atoms in total. The molecule has 0 saturated carbocycles. The standard InChI is InChI=1S/C9H16.C8H8/c1-4-5-6-7-8-9(2)3;1-2-8-6-4-3-5-7-8/h4-6,9H,1,7-8H2,2-3H3;2-7H,1H2. The molecule has 17 heavy (non-hydrogen) atoms. The summed E-state index contributed by atoms with van der Waals surface area (Å²) in [5.41, 5.74) is 1.17. The zero-order chi connectivity index (χ0) is 12.9. The molecule has 0 heterocycles. The number of hydrogen-bond acceptors (Lipinski definition) is 0. The lowest BCUT2D eigenvalue weighted by Gasteiger charge is -1.97. The van der Waals surface area contributed by atoms with E-state index in [0.29, 0.717) is 0 Å². The van der Waals surface area contributed by atoms with Gasteiger partial charge < -0.3 is 0 Å². The molecule has 0 spiro atoms. The summed E-state index contributed by atoms with van der Waals surface area (Å²) in [6.45, 7) is 11.7. The van der Waals surface area contributed by atoms with Crippen LogP contribution in [0.15, 0.2) is 61.7 Å². The third kappa shape index (κ3) is 10.7. The molecule has 0 aliphatic rings. The van der Waals surface area contributed by atoms with Gasteiger partial charge in [0.15, 0.2) is 0 Å². The average molecular weight is 228 g/mol. The molecule has 1 aromatic rings. The van der Waals surface area contributed by atoms with Crippen LogP contribution < -0.4 is 0 Å². The largest absolute Gasteiger partial charge is 0.0991 e. The Labute approximate surface area is 106 Å². The average Bonchev–Trinajstić information content (AvgIpc) is 2.36. The molecule has 0 radical (unpaired) electrons. The summed E-state index contributed by atoms with van der Waals surface area (Å²) in [6.07, 6.45) is 10.3. The molecule has 0 aromatic heterocycles. The van der Waals surface area contributed by atoms with Gasteiger partial charge in [0, 0.05) is 0 Å². The number of hydrogen-bond donors (Lipinski definition) is 0. The third-order valence-electron chi connectivity index (χ3n) is 2.22. The first-order valence-electron chi connectivity index (χ1n) is 6.15. The molecule has 0 aliphatic carbocycles. The quantitative estimate of drug-likeness (QED) is 0.584. The van der Waals surface area contributed by atoms with Gasteiger partial charge in [-0.2, -0.15) is 0 Å². The van der Waals surface area contributed by atoms with Crippen LogP contribution in [0.1, 0.15) is 32.3 Å². The molecule has 0 unspecified atom stereocenters. The highest BCUT2D eigenvalue weighted by atomic mass is 13.9. The maximum absolute atomic E-state index is 3.63. The molecular weight excluding hydrogens is 204 g/mol. The van der Waals surface area contributed by atoms with E-state index in [9.17, 15) is 0 Å². The van der Waals surface area contributed by atoms with E-state index in [1.165, 1.54) is 18.4 Å². The van der Waals surface area contributed by atoms with E-state index >= 15 is 0 Å². The predicted molar refractivity (Wildman–Crippen MR) is 79.9 cm³/mol. The summed E-state index contributed by atoms with van der Waals surface area (Å²) in [6, 6.07) is 10.0. The molecule has 0 bridgehead atoms. The molecule has 0 aliphatic heterocycles. The zero-order valence-electron chi connectivity index (χ0n) is 11.1. The molecule has 0 N–H and O–H groups in total. The van der Waals surface area contributed by atoms with Crippen molar-refractivity contribution in [3.63, 3.8) is 0 Å². The van der Waals surface area contributed by atoms with Crippen LogP contribution in [0.25, 0.3) is 6.08 Å². The van der Waals surface area contributed by atoms with Gasteiger partial charge in [-0.1, -0.05) is 81.6 Å². The highest BCUT2D eigenvalue weighted by molar-refractivity contribution is 5.45. The van der Waals surface area contributed by atoms with Gasteiger partial charge in [0.1, 0.15) is 0 Å². The minimum absolute atomic E-state index is 0.819. The summed E-state index contributed by atoms with van der Waals surface area (Å²) in [5, 5.41) is 0. The molecule has 0 saturated heterocycles. The number of rotatable bonds is 5. The van der Waals surface area contributed by atoms with Crippen molar-refractivity contribution in [1.82, 2.24) is 0 Å². The molecule has 1 aromatic carbocycles. The first kappa shape index (κ1) is 15.4. The molecule has 0 atom stereocenters. The van der Waals surface area contributed by atoms with E-state index in [1.54, 1.807) is 0 Å². The van der Waals surface area contributed by atoms with Crippen molar-refractivity contribution in [3.05, 3.63) is 67.3 Å². The van der Waals surface area contributed by atoms with Crippen LogP contribution >= 0.6 is 0 Å². The Morgan fingerprint density at radius 1 is 1.12 bits per heavy atom. The highest BCUT2D eigenvalue weighted by Gasteiger charge is 1.87. The number of allylic oxidation sites excluding steroid dienone is 3. The van der Waals surface area contributed by atoms with Crippen molar-refractivity contribution in [3.8, 4) is 0 Å². The van der Waals surface area contributed by atoms with E-state index in [0.717, 1.165) is 5.92 Å². The molecule has 0 heteroatoms. The molecule has 0 fully saturated rings. The Kier molecular flexibility index (Phi) is 9.94. The van der Waals surface area contributed by atoms with Gasteiger partial charge in [0.25, 0.3) is 0 Å². The van der Waals surface area contributed by atoms with Gasteiger partial charge in [-0.3, -0.25) is 0 Å². The number of benzene rings is 1. The summed E-state index contributed by atoms with van der Waals surface area (Å²) in [5.74, 6) is 0.819. The summed E-state index contributed by atoms with van der Waals surface area (Å²) < 4.78 is 0. The Morgan fingerprint density at radius 3 is 2.18 bits per heavy atom. The van der Waals surface area contributed by atoms with Crippen LogP contribution in [0, 0.1) is 5.92 Å². The smallest absolute Gasteiger partial charge is 0.0263 e. The zero-order valence-corrected chi connectivity index (χ0v) is 11.1. The van der Waals surface area contributed by atoms with Crippen molar-refractivity contribution < 1.29 is 0 Å². The van der Waals surface area contributed by atoms with E-state index in [-0.39, 0.29) is 0 Å². The summed E-state index contributed by atoms with van der Waals surface area (Å²) in [7, 11) is 0.